The van der Waals surface area contributed by atoms with Crippen LogP contribution in [0.1, 0.15) is 65.0 Å². The Morgan fingerprint density at radius 1 is 1.21 bits per heavy atom. The summed E-state index contributed by atoms with van der Waals surface area (Å²) in [4.78, 5) is 15.5. The zero-order chi connectivity index (χ0) is 20.1. The van der Waals surface area contributed by atoms with E-state index in [-0.39, 0.29) is 6.42 Å². The number of hydrogen-bond acceptors (Lipinski definition) is 4. The van der Waals surface area contributed by atoms with Gasteiger partial charge in [-0.25, -0.2) is 0 Å². The fourth-order valence-electron chi connectivity index (χ4n) is 3.95. The third-order valence-corrected chi connectivity index (χ3v) is 5.88. The lowest BCUT2D eigenvalue weighted by Crippen LogP contribution is -2.38. The minimum atomic E-state index is -0.800. The molecule has 1 aliphatic carbocycles. The average molecular weight is 385 g/mol. The van der Waals surface area contributed by atoms with Gasteiger partial charge in [-0.1, -0.05) is 19.4 Å². The zero-order valence-corrected chi connectivity index (χ0v) is 17.2. The predicted molar refractivity (Wildman–Crippen MR) is 112 cm³/mol. The van der Waals surface area contributed by atoms with Crippen molar-refractivity contribution in [3.05, 3.63) is 36.0 Å². The van der Waals surface area contributed by atoms with Gasteiger partial charge in [-0.15, -0.1) is 0 Å². The number of carboxylic acids is 1. The summed E-state index contributed by atoms with van der Waals surface area (Å²) in [5.41, 5.74) is 1.43. The maximum atomic E-state index is 10.7. The molecule has 0 radical (unpaired) electrons. The van der Waals surface area contributed by atoms with E-state index in [1.54, 1.807) is 0 Å². The van der Waals surface area contributed by atoms with Crippen molar-refractivity contribution in [2.45, 2.75) is 70.9 Å². The van der Waals surface area contributed by atoms with Gasteiger partial charge in [-0.2, -0.15) is 0 Å². The van der Waals surface area contributed by atoms with E-state index in [2.05, 4.69) is 24.4 Å². The highest BCUT2D eigenvalue weighted by atomic mass is 16.5. The van der Waals surface area contributed by atoms with Crippen molar-refractivity contribution in [2.24, 2.45) is 5.92 Å². The van der Waals surface area contributed by atoms with E-state index in [9.17, 15) is 4.79 Å². The molecule has 1 aromatic carbocycles. The highest BCUT2D eigenvalue weighted by molar-refractivity contribution is 5.80. The Balaban J connectivity index is 1.67. The van der Waals surface area contributed by atoms with Crippen LogP contribution in [0, 0.1) is 5.92 Å². The first kappa shape index (κ1) is 20.6. The maximum absolute atomic E-state index is 10.7. The van der Waals surface area contributed by atoms with Crippen molar-refractivity contribution in [2.75, 3.05) is 6.54 Å². The first-order chi connectivity index (χ1) is 13.4. The fraction of sp³-hybridized carbons (Fsp3) is 0.565. The van der Waals surface area contributed by atoms with Crippen molar-refractivity contribution >= 4 is 16.9 Å². The second kappa shape index (κ2) is 8.91. The van der Waals surface area contributed by atoms with Crippen LogP contribution >= 0.6 is 0 Å². The summed E-state index contributed by atoms with van der Waals surface area (Å²) in [6.45, 7) is 6.73. The predicted octanol–water partition coefficient (Wildman–Crippen LogP) is 4.88. The Morgan fingerprint density at radius 3 is 2.64 bits per heavy atom. The van der Waals surface area contributed by atoms with Gasteiger partial charge in [-0.05, 0) is 69.7 Å². The van der Waals surface area contributed by atoms with Gasteiger partial charge in [0.15, 0.2) is 0 Å². The molecule has 0 saturated heterocycles. The summed E-state index contributed by atoms with van der Waals surface area (Å²) in [6, 6.07) is 10.2. The number of aliphatic carboxylic acids is 1. The number of hydrogen-bond donors (Lipinski definition) is 2. The van der Waals surface area contributed by atoms with Crippen molar-refractivity contribution in [1.29, 1.82) is 0 Å². The van der Waals surface area contributed by atoms with Crippen LogP contribution in [0.4, 0.5) is 0 Å². The molecule has 1 saturated carbocycles. The van der Waals surface area contributed by atoms with Gasteiger partial charge in [0.05, 0.1) is 29.3 Å². The topological polar surface area (TPSA) is 71.5 Å². The maximum Gasteiger partial charge on any atom is 0.304 e. The van der Waals surface area contributed by atoms with E-state index in [0.29, 0.717) is 12.6 Å². The summed E-state index contributed by atoms with van der Waals surface area (Å²) < 4.78 is 6.23. The molecule has 0 aliphatic heterocycles. The smallest absolute Gasteiger partial charge is 0.304 e. The molecule has 0 amide bonds. The number of carbonyl (C=O) groups is 1. The number of pyridine rings is 1. The molecule has 5 nitrogen and oxygen atoms in total. The normalized spacial score (nSPS) is 20.2. The van der Waals surface area contributed by atoms with E-state index in [1.165, 1.54) is 19.3 Å². The lowest BCUT2D eigenvalue weighted by molar-refractivity contribution is -0.136. The number of aromatic nitrogens is 1. The summed E-state index contributed by atoms with van der Waals surface area (Å²) in [7, 11) is 0. The third kappa shape index (κ3) is 5.22. The van der Waals surface area contributed by atoms with Crippen LogP contribution in [0.5, 0.6) is 5.75 Å². The molecule has 2 N–H and O–H groups in total. The Morgan fingerprint density at radius 2 is 1.96 bits per heavy atom. The molecular formula is C23H32N2O3. The lowest BCUT2D eigenvalue weighted by atomic mass is 9.86. The van der Waals surface area contributed by atoms with Crippen molar-refractivity contribution in [1.82, 2.24) is 10.3 Å². The van der Waals surface area contributed by atoms with E-state index in [1.807, 2.05) is 32.0 Å². The van der Waals surface area contributed by atoms with E-state index < -0.39 is 11.5 Å². The highest BCUT2D eigenvalue weighted by Crippen LogP contribution is 2.30. The molecule has 1 aliphatic rings. The zero-order valence-electron chi connectivity index (χ0n) is 17.2. The second-order valence-corrected chi connectivity index (χ2v) is 8.42. The van der Waals surface area contributed by atoms with Gasteiger partial charge >= 0.3 is 5.97 Å². The van der Waals surface area contributed by atoms with Crippen molar-refractivity contribution in [3.8, 4) is 5.75 Å². The summed E-state index contributed by atoms with van der Waals surface area (Å²) in [6.07, 6.45) is 6.52. The Bertz CT molecular complexity index is 811. The van der Waals surface area contributed by atoms with Crippen LogP contribution in [-0.2, 0) is 10.3 Å². The van der Waals surface area contributed by atoms with Crippen molar-refractivity contribution < 1.29 is 14.6 Å². The molecule has 3 rings (SSSR count). The number of benzene rings is 1. The molecule has 28 heavy (non-hydrogen) atoms. The van der Waals surface area contributed by atoms with Gasteiger partial charge < -0.3 is 15.2 Å². The Kier molecular flexibility index (Phi) is 6.55. The largest absolute Gasteiger partial charge is 0.490 e. The summed E-state index contributed by atoms with van der Waals surface area (Å²) in [5.74, 6) is 0.984. The van der Waals surface area contributed by atoms with Crippen LogP contribution in [0.15, 0.2) is 30.3 Å². The van der Waals surface area contributed by atoms with Crippen LogP contribution < -0.4 is 10.1 Å². The van der Waals surface area contributed by atoms with E-state index >= 15 is 0 Å². The quantitative estimate of drug-likeness (QED) is 0.678. The second-order valence-electron chi connectivity index (χ2n) is 8.42. The third-order valence-electron chi connectivity index (χ3n) is 5.88. The van der Waals surface area contributed by atoms with Crippen LogP contribution in [-0.4, -0.2) is 28.7 Å². The molecule has 1 aromatic heterocycles. The lowest BCUT2D eigenvalue weighted by Gasteiger charge is -2.28. The Labute approximate surface area is 167 Å². The first-order valence-corrected chi connectivity index (χ1v) is 10.4. The number of nitrogens with zero attached hydrogens (tertiary/aromatic N) is 1. The fourth-order valence-corrected chi connectivity index (χ4v) is 3.95. The number of carboxylic acid groups (broad SMARTS) is 1. The minimum absolute atomic E-state index is 0.0951. The molecule has 0 unspecified atom stereocenters. The SMILES string of the molecule is CCC1CCC(Oc2ccc3nc(C(C)(C)NCCC(=O)O)ccc3c2)CC1. The number of nitrogens with one attached hydrogen (secondary N) is 1. The molecule has 0 atom stereocenters. The molecule has 1 fully saturated rings. The van der Waals surface area contributed by atoms with Crippen LogP contribution in [0.2, 0.25) is 0 Å². The molecule has 152 valence electrons. The Hall–Kier alpha value is -2.14. The molecule has 5 heteroatoms. The molecular weight excluding hydrogens is 352 g/mol. The van der Waals surface area contributed by atoms with Crippen LogP contribution in [0.25, 0.3) is 10.9 Å². The molecule has 2 aromatic rings. The molecule has 0 spiro atoms. The molecule has 0 bridgehead atoms. The highest BCUT2D eigenvalue weighted by Gasteiger charge is 2.23. The minimum Gasteiger partial charge on any atom is -0.490 e. The first-order valence-electron chi connectivity index (χ1n) is 10.4. The number of ether oxygens (including phenoxy) is 1. The number of rotatable bonds is 8. The molecule has 1 heterocycles. The average Bonchev–Trinajstić information content (AvgIpc) is 2.67. The van der Waals surface area contributed by atoms with Gasteiger partial charge in [-0.3, -0.25) is 9.78 Å². The van der Waals surface area contributed by atoms with Crippen LogP contribution in [0.3, 0.4) is 0 Å². The van der Waals surface area contributed by atoms with E-state index in [0.717, 1.165) is 41.1 Å². The van der Waals surface area contributed by atoms with Gasteiger partial charge in [0.2, 0.25) is 0 Å². The van der Waals surface area contributed by atoms with Crippen molar-refractivity contribution in [3.63, 3.8) is 0 Å². The van der Waals surface area contributed by atoms with Gasteiger partial charge in [0.25, 0.3) is 0 Å². The standard InChI is InChI=1S/C23H32N2O3/c1-4-16-5-8-18(9-6-16)28-19-10-11-20-17(15-19)7-12-21(25-20)23(2,3)24-14-13-22(26)27/h7,10-12,15-16,18,24H,4-6,8-9,13-14H2,1-3H3,(H,26,27). The summed E-state index contributed by atoms with van der Waals surface area (Å²) >= 11 is 0. The van der Waals surface area contributed by atoms with E-state index in [4.69, 9.17) is 14.8 Å². The van der Waals surface area contributed by atoms with Gasteiger partial charge in [0.1, 0.15) is 5.75 Å². The monoisotopic (exact) mass is 384 g/mol. The summed E-state index contributed by atoms with van der Waals surface area (Å²) in [5, 5.41) is 13.2. The number of fused-ring (bicyclic) bond motifs is 1. The van der Waals surface area contributed by atoms with Gasteiger partial charge in [0, 0.05) is 11.9 Å².